The van der Waals surface area contributed by atoms with Crippen LogP contribution in [0.3, 0.4) is 0 Å². The summed E-state index contributed by atoms with van der Waals surface area (Å²) in [6.07, 6.45) is 1.10. The maximum absolute atomic E-state index is 8.70. The zero-order chi connectivity index (χ0) is 15.9. The van der Waals surface area contributed by atoms with Gasteiger partial charge >= 0.3 is 0 Å². The van der Waals surface area contributed by atoms with Gasteiger partial charge in [0.25, 0.3) is 0 Å². The van der Waals surface area contributed by atoms with E-state index in [-0.39, 0.29) is 0 Å². The third-order valence-corrected chi connectivity index (χ3v) is 3.38. The van der Waals surface area contributed by atoms with Crippen LogP contribution in [0.1, 0.15) is 12.8 Å². The first kappa shape index (κ1) is 18.8. The Balaban J connectivity index is 2.33. The summed E-state index contributed by atoms with van der Waals surface area (Å²) in [7, 11) is 0. The number of hydrogen-bond donors (Lipinski definition) is 4. The van der Waals surface area contributed by atoms with Crippen LogP contribution in [0.15, 0.2) is 0 Å². The molecule has 0 aromatic rings. The molecule has 0 spiro atoms. The highest BCUT2D eigenvalue weighted by molar-refractivity contribution is 4.73. The molecule has 0 aromatic carbocycles. The molecule has 0 unspecified atom stereocenters. The molecule has 0 bridgehead atoms. The van der Waals surface area contributed by atoms with E-state index in [1.54, 1.807) is 0 Å². The summed E-state index contributed by atoms with van der Waals surface area (Å²) in [5, 5.41) is 30.9. The van der Waals surface area contributed by atoms with Crippen LogP contribution < -0.4 is 21.3 Å². The van der Waals surface area contributed by atoms with Crippen molar-refractivity contribution in [1.29, 1.82) is 10.5 Å². The lowest BCUT2D eigenvalue weighted by Gasteiger charge is -2.25. The van der Waals surface area contributed by atoms with E-state index in [4.69, 9.17) is 10.5 Å². The van der Waals surface area contributed by atoms with Crippen LogP contribution in [0.4, 0.5) is 0 Å². The second-order valence-corrected chi connectivity index (χ2v) is 5.24. The Labute approximate surface area is 133 Å². The molecular weight excluding hydrogens is 280 g/mol. The Kier molecular flexibility index (Phi) is 11.4. The third kappa shape index (κ3) is 9.64. The van der Waals surface area contributed by atoms with E-state index < -0.39 is 0 Å². The van der Waals surface area contributed by atoms with Crippen molar-refractivity contribution in [2.24, 2.45) is 0 Å². The van der Waals surface area contributed by atoms with E-state index >= 15 is 0 Å². The van der Waals surface area contributed by atoms with Gasteiger partial charge in [0.05, 0.1) is 12.1 Å². The first-order chi connectivity index (χ1) is 10.9. The lowest BCUT2D eigenvalue weighted by atomic mass is 10.4. The largest absolute Gasteiger partial charge is 0.303 e. The highest BCUT2D eigenvalue weighted by Gasteiger charge is 2.06. The molecule has 0 aromatic heterocycles. The fraction of sp³-hybridized carbons (Fsp3) is 0.857. The molecule has 0 amide bonds. The second-order valence-electron chi connectivity index (χ2n) is 5.24. The first-order valence-electron chi connectivity index (χ1n) is 7.88. The van der Waals surface area contributed by atoms with Crippen LogP contribution in [0.5, 0.6) is 0 Å². The van der Waals surface area contributed by atoms with Gasteiger partial charge < -0.3 is 21.3 Å². The van der Waals surface area contributed by atoms with Gasteiger partial charge in [0.2, 0.25) is 0 Å². The van der Waals surface area contributed by atoms with Crippen LogP contribution in [0.2, 0.25) is 0 Å². The zero-order valence-corrected chi connectivity index (χ0v) is 13.3. The van der Waals surface area contributed by atoms with Crippen LogP contribution in [-0.4, -0.2) is 75.7 Å². The Morgan fingerprint density at radius 2 is 0.955 bits per heavy atom. The van der Waals surface area contributed by atoms with E-state index in [9.17, 15) is 0 Å². The van der Waals surface area contributed by atoms with Gasteiger partial charge in [0.15, 0.2) is 0 Å². The Hall–Kier alpha value is -1.26. The lowest BCUT2D eigenvalue weighted by molar-refractivity contribution is 0.218. The first-order valence-corrected chi connectivity index (χ1v) is 7.88. The van der Waals surface area contributed by atoms with E-state index in [2.05, 4.69) is 43.2 Å². The van der Waals surface area contributed by atoms with Gasteiger partial charge in [-0.3, -0.25) is 9.80 Å². The molecule has 0 aliphatic carbocycles. The predicted molar refractivity (Wildman–Crippen MR) is 85.4 cm³/mol. The molecule has 22 heavy (non-hydrogen) atoms. The van der Waals surface area contributed by atoms with Gasteiger partial charge in [-0.25, -0.2) is 0 Å². The zero-order valence-electron chi connectivity index (χ0n) is 13.3. The molecular formula is C14H28N8. The van der Waals surface area contributed by atoms with Gasteiger partial charge in [-0.1, -0.05) is 0 Å². The quantitative estimate of drug-likeness (QED) is 0.504. The Morgan fingerprint density at radius 3 is 1.23 bits per heavy atom. The van der Waals surface area contributed by atoms with Crippen molar-refractivity contribution < 1.29 is 0 Å². The van der Waals surface area contributed by atoms with Crippen molar-refractivity contribution in [2.75, 3.05) is 65.9 Å². The topological polar surface area (TPSA) is 102 Å². The standard InChI is InChI=1S/C14H28N8/c15-3-1-9-21-11-17-5-7-19-13-22(10-2-4-16)14-20-8-6-18-12-21/h17-20H,1-2,5-14H2. The minimum atomic E-state index is 0.549. The molecule has 4 N–H and O–H groups in total. The van der Waals surface area contributed by atoms with Crippen LogP contribution in [0, 0.1) is 22.7 Å². The molecule has 8 heteroatoms. The molecule has 0 radical (unpaired) electrons. The highest BCUT2D eigenvalue weighted by Crippen LogP contribution is 1.89. The summed E-state index contributed by atoms with van der Waals surface area (Å²) in [6.45, 7) is 8.18. The normalized spacial score (nSPS) is 20.6. The lowest BCUT2D eigenvalue weighted by Crippen LogP contribution is -2.47. The molecule has 0 saturated carbocycles. The van der Waals surface area contributed by atoms with Crippen molar-refractivity contribution in [2.45, 2.75) is 12.8 Å². The molecule has 8 nitrogen and oxygen atoms in total. The van der Waals surface area contributed by atoms with E-state index in [1.165, 1.54) is 0 Å². The molecule has 1 rings (SSSR count). The van der Waals surface area contributed by atoms with Crippen molar-refractivity contribution >= 4 is 0 Å². The fourth-order valence-corrected chi connectivity index (χ4v) is 2.15. The smallest absolute Gasteiger partial charge is 0.0635 e. The molecule has 1 saturated heterocycles. The van der Waals surface area contributed by atoms with Crippen LogP contribution >= 0.6 is 0 Å². The van der Waals surface area contributed by atoms with Crippen molar-refractivity contribution in [3.05, 3.63) is 0 Å². The van der Waals surface area contributed by atoms with E-state index in [0.29, 0.717) is 12.8 Å². The molecule has 1 aliphatic rings. The monoisotopic (exact) mass is 308 g/mol. The maximum Gasteiger partial charge on any atom is 0.0635 e. The number of nitriles is 2. The maximum atomic E-state index is 8.70. The number of hydrogen-bond acceptors (Lipinski definition) is 8. The average molecular weight is 308 g/mol. The SMILES string of the molecule is N#CCCN1CNCCNCN(CCC#N)CNCCNC1. The van der Waals surface area contributed by atoms with Gasteiger partial charge in [-0.15, -0.1) is 0 Å². The number of nitrogens with zero attached hydrogens (tertiary/aromatic N) is 4. The van der Waals surface area contributed by atoms with Gasteiger partial charge in [0, 0.05) is 78.8 Å². The van der Waals surface area contributed by atoms with Crippen LogP contribution in [-0.2, 0) is 0 Å². The minimum Gasteiger partial charge on any atom is -0.303 e. The summed E-state index contributed by atoms with van der Waals surface area (Å²) >= 11 is 0. The van der Waals surface area contributed by atoms with Crippen LogP contribution in [0.25, 0.3) is 0 Å². The Morgan fingerprint density at radius 1 is 0.636 bits per heavy atom. The fourth-order valence-electron chi connectivity index (χ4n) is 2.15. The Bertz CT molecular complexity index is 298. The predicted octanol–water partition coefficient (Wildman–Crippen LogP) is -1.38. The molecule has 0 atom stereocenters. The summed E-state index contributed by atoms with van der Waals surface area (Å²) < 4.78 is 0. The highest BCUT2D eigenvalue weighted by atomic mass is 15.3. The van der Waals surface area contributed by atoms with E-state index in [1.807, 2.05) is 0 Å². The molecule has 1 aliphatic heterocycles. The van der Waals surface area contributed by atoms with Gasteiger partial charge in [-0.2, -0.15) is 10.5 Å². The summed E-state index contributed by atoms with van der Waals surface area (Å²) in [6, 6.07) is 4.38. The second kappa shape index (κ2) is 13.4. The van der Waals surface area contributed by atoms with Gasteiger partial charge in [-0.05, 0) is 0 Å². The van der Waals surface area contributed by atoms with Crippen molar-refractivity contribution in [3.8, 4) is 12.1 Å². The molecule has 1 fully saturated rings. The summed E-state index contributed by atoms with van der Waals surface area (Å²) in [5.74, 6) is 0. The minimum absolute atomic E-state index is 0.549. The summed E-state index contributed by atoms with van der Waals surface area (Å²) in [4.78, 5) is 4.41. The molecule has 1 heterocycles. The van der Waals surface area contributed by atoms with Gasteiger partial charge in [0.1, 0.15) is 0 Å². The number of nitrogens with one attached hydrogen (secondary N) is 4. The average Bonchev–Trinajstić information content (AvgIpc) is 2.54. The van der Waals surface area contributed by atoms with Crippen molar-refractivity contribution in [1.82, 2.24) is 31.1 Å². The van der Waals surface area contributed by atoms with Crippen molar-refractivity contribution in [3.63, 3.8) is 0 Å². The summed E-state index contributed by atoms with van der Waals surface area (Å²) in [5.41, 5.74) is 0. The number of rotatable bonds is 4. The van der Waals surface area contributed by atoms with E-state index in [0.717, 1.165) is 65.9 Å². The third-order valence-electron chi connectivity index (χ3n) is 3.38. The molecule has 124 valence electrons.